The van der Waals surface area contributed by atoms with E-state index in [9.17, 15) is 9.90 Å². The highest BCUT2D eigenvalue weighted by Gasteiger charge is 2.33. The van der Waals surface area contributed by atoms with Crippen LogP contribution in [0.25, 0.3) is 0 Å². The van der Waals surface area contributed by atoms with Crippen LogP contribution in [0.4, 0.5) is 0 Å². The van der Waals surface area contributed by atoms with Crippen molar-refractivity contribution in [2.24, 2.45) is 5.92 Å². The molecule has 0 radical (unpaired) electrons. The Balaban J connectivity index is 1.65. The summed E-state index contributed by atoms with van der Waals surface area (Å²) < 4.78 is 11.2. The molecule has 3 rings (SSSR count). The van der Waals surface area contributed by atoms with Gasteiger partial charge in [0.2, 0.25) is 0 Å². The van der Waals surface area contributed by atoms with E-state index < -0.39 is 21.6 Å². The largest absolute Gasteiger partial charge is 0.489 e. The summed E-state index contributed by atoms with van der Waals surface area (Å²) in [6.07, 6.45) is 13.6. The van der Waals surface area contributed by atoms with Gasteiger partial charge in [-0.2, -0.15) is 0 Å². The van der Waals surface area contributed by atoms with Gasteiger partial charge in [0.1, 0.15) is 18.0 Å². The van der Waals surface area contributed by atoms with Gasteiger partial charge in [-0.1, -0.05) is 61.7 Å². The number of carbonyl (C=O) groups is 1. The monoisotopic (exact) mass is 456 g/mol. The first-order valence-electron chi connectivity index (χ1n) is 11.3. The lowest BCUT2D eigenvalue weighted by Crippen LogP contribution is -2.29. The zero-order chi connectivity index (χ0) is 23.0. The van der Waals surface area contributed by atoms with Crippen molar-refractivity contribution in [2.45, 2.75) is 37.9 Å². The van der Waals surface area contributed by atoms with E-state index in [1.54, 1.807) is 6.08 Å². The van der Waals surface area contributed by atoms with Gasteiger partial charge < -0.3 is 14.6 Å². The van der Waals surface area contributed by atoms with Crippen LogP contribution in [0.2, 0.25) is 0 Å². The van der Waals surface area contributed by atoms with Gasteiger partial charge >= 0.3 is 5.97 Å². The van der Waals surface area contributed by atoms with Gasteiger partial charge in [0.15, 0.2) is 0 Å². The summed E-state index contributed by atoms with van der Waals surface area (Å²) in [5.41, 5.74) is 0.671. The molecule has 4 nitrogen and oxygen atoms in total. The van der Waals surface area contributed by atoms with Gasteiger partial charge in [0.05, 0.1) is 6.61 Å². The highest BCUT2D eigenvalue weighted by Crippen LogP contribution is 2.39. The maximum atomic E-state index is 12.2. The van der Waals surface area contributed by atoms with Gasteiger partial charge in [-0.25, -0.2) is 14.8 Å². The van der Waals surface area contributed by atoms with Crippen LogP contribution >= 0.6 is 10.0 Å². The Hall–Kier alpha value is -2.24. The normalized spacial score (nSPS) is 16.9. The van der Waals surface area contributed by atoms with Gasteiger partial charge in [-0.15, -0.1) is 0 Å². The third-order valence-electron chi connectivity index (χ3n) is 5.86. The molecular formula is C27H36O4S. The third-order valence-corrected chi connectivity index (χ3v) is 7.25. The van der Waals surface area contributed by atoms with Crippen molar-refractivity contribution in [1.82, 2.24) is 0 Å². The summed E-state index contributed by atoms with van der Waals surface area (Å²) in [5.74, 6) is 1.70. The first-order valence-corrected chi connectivity index (χ1v) is 14.3. The van der Waals surface area contributed by atoms with Crippen molar-refractivity contribution >= 4 is 16.0 Å². The van der Waals surface area contributed by atoms with Gasteiger partial charge in [-0.3, -0.25) is 0 Å². The fourth-order valence-electron chi connectivity index (χ4n) is 3.65. The highest BCUT2D eigenvalue weighted by molar-refractivity contribution is 8.32. The molecule has 0 aliphatic heterocycles. The van der Waals surface area contributed by atoms with Crippen molar-refractivity contribution in [2.75, 3.05) is 31.1 Å². The Kier molecular flexibility index (Phi) is 8.44. The summed E-state index contributed by atoms with van der Waals surface area (Å²) in [7, 11) is -0.707. The number of rotatable bonds is 11. The standard InChI is InChI=1S/C27H36O4S/c1-32(2,3)19-18-30-26(28)16-17-27(29,20-22-10-7-11-22)24-12-14-25(15-13-24)31-21-23-8-5-4-6-9-23/h4-6,8-9,12-17,22,29H,7,10-11,18-21H2,1-3H3/b17-16+. The van der Waals surface area contributed by atoms with Crippen molar-refractivity contribution < 1.29 is 19.4 Å². The Morgan fingerprint density at radius 2 is 1.78 bits per heavy atom. The van der Waals surface area contributed by atoms with Gasteiger partial charge in [0, 0.05) is 11.8 Å². The van der Waals surface area contributed by atoms with Crippen LogP contribution in [0.5, 0.6) is 5.75 Å². The summed E-state index contributed by atoms with van der Waals surface area (Å²) in [6, 6.07) is 17.5. The number of carbonyl (C=O) groups excluding carboxylic acids is 1. The summed E-state index contributed by atoms with van der Waals surface area (Å²) >= 11 is 0. The molecule has 0 spiro atoms. The molecule has 0 saturated heterocycles. The average Bonchev–Trinajstić information content (AvgIpc) is 2.74. The Bertz CT molecular complexity index is 882. The fourth-order valence-corrected chi connectivity index (χ4v) is 4.23. The van der Waals surface area contributed by atoms with Crippen LogP contribution in [0.15, 0.2) is 66.7 Å². The summed E-state index contributed by atoms with van der Waals surface area (Å²) in [5, 5.41) is 11.5. The molecule has 5 heteroatoms. The Labute approximate surface area is 194 Å². The van der Waals surface area contributed by atoms with E-state index in [0.717, 1.165) is 35.5 Å². The minimum Gasteiger partial charge on any atom is -0.489 e. The SMILES string of the molecule is CS(C)(C)CCOC(=O)/C=C/C(O)(CC1CCC1)c1ccc(OCc2ccccc2)cc1. The van der Waals surface area contributed by atoms with E-state index in [2.05, 4.69) is 18.8 Å². The molecule has 1 atom stereocenters. The minimum atomic E-state index is -1.20. The van der Waals surface area contributed by atoms with E-state index in [0.29, 0.717) is 25.6 Å². The quantitative estimate of drug-likeness (QED) is 0.361. The number of ether oxygens (including phenoxy) is 2. The second-order valence-corrected chi connectivity index (χ2v) is 14.1. The zero-order valence-electron chi connectivity index (χ0n) is 19.5. The molecule has 2 aromatic rings. The molecule has 1 N–H and O–H groups in total. The summed E-state index contributed by atoms with van der Waals surface area (Å²) in [6.45, 7) is 0.908. The van der Waals surface area contributed by atoms with E-state index in [4.69, 9.17) is 9.47 Å². The molecule has 0 bridgehead atoms. The molecule has 1 aliphatic carbocycles. The number of hydrogen-bond donors (Lipinski definition) is 1. The lowest BCUT2D eigenvalue weighted by molar-refractivity contribution is -0.137. The van der Waals surface area contributed by atoms with E-state index in [1.165, 1.54) is 12.5 Å². The van der Waals surface area contributed by atoms with Crippen molar-refractivity contribution in [3.05, 3.63) is 77.9 Å². The van der Waals surface area contributed by atoms with Gasteiger partial charge in [0.25, 0.3) is 0 Å². The van der Waals surface area contributed by atoms with E-state index in [1.807, 2.05) is 54.6 Å². The van der Waals surface area contributed by atoms with Crippen LogP contribution < -0.4 is 4.74 Å². The lowest BCUT2D eigenvalue weighted by Gasteiger charge is -2.34. The molecule has 1 unspecified atom stereocenters. The van der Waals surface area contributed by atoms with Crippen LogP contribution in [0, 0.1) is 5.92 Å². The molecule has 32 heavy (non-hydrogen) atoms. The van der Waals surface area contributed by atoms with Crippen molar-refractivity contribution in [1.29, 1.82) is 0 Å². The second-order valence-electron chi connectivity index (χ2n) is 9.52. The van der Waals surface area contributed by atoms with Crippen LogP contribution in [-0.4, -0.2) is 42.2 Å². The van der Waals surface area contributed by atoms with Crippen LogP contribution in [-0.2, 0) is 21.7 Å². The Morgan fingerprint density at radius 1 is 1.09 bits per heavy atom. The predicted molar refractivity (Wildman–Crippen MR) is 133 cm³/mol. The molecule has 0 amide bonds. The number of esters is 1. The second kappa shape index (κ2) is 11.1. The maximum absolute atomic E-state index is 12.2. The zero-order valence-corrected chi connectivity index (χ0v) is 20.3. The number of aliphatic hydroxyl groups is 1. The van der Waals surface area contributed by atoms with Crippen molar-refractivity contribution in [3.63, 3.8) is 0 Å². The van der Waals surface area contributed by atoms with Crippen LogP contribution in [0.3, 0.4) is 0 Å². The molecule has 1 aliphatic rings. The molecule has 1 saturated carbocycles. The number of hydrogen-bond acceptors (Lipinski definition) is 4. The molecule has 0 heterocycles. The highest BCUT2D eigenvalue weighted by atomic mass is 32.3. The number of benzene rings is 2. The van der Waals surface area contributed by atoms with Crippen molar-refractivity contribution in [3.8, 4) is 5.75 Å². The molecular weight excluding hydrogens is 420 g/mol. The first-order chi connectivity index (χ1) is 15.2. The maximum Gasteiger partial charge on any atom is 0.330 e. The molecule has 1 fully saturated rings. The molecule has 2 aromatic carbocycles. The third kappa shape index (κ3) is 7.72. The van der Waals surface area contributed by atoms with Gasteiger partial charge in [-0.05, 0) is 60.4 Å². The Morgan fingerprint density at radius 3 is 2.38 bits per heavy atom. The average molecular weight is 457 g/mol. The smallest absolute Gasteiger partial charge is 0.330 e. The predicted octanol–water partition coefficient (Wildman–Crippen LogP) is 5.44. The van der Waals surface area contributed by atoms with E-state index in [-0.39, 0.29) is 0 Å². The minimum absolute atomic E-state index is 0.400. The molecule has 0 aromatic heterocycles. The fraction of sp³-hybridized carbons (Fsp3) is 0.444. The van der Waals surface area contributed by atoms with E-state index >= 15 is 0 Å². The lowest BCUT2D eigenvalue weighted by atomic mass is 9.75. The first kappa shape index (κ1) is 24.4. The molecule has 174 valence electrons. The van der Waals surface area contributed by atoms with Crippen LogP contribution in [0.1, 0.15) is 36.8 Å². The topological polar surface area (TPSA) is 55.8 Å². The summed E-state index contributed by atoms with van der Waals surface area (Å²) in [4.78, 5) is 12.2.